The minimum absolute atomic E-state index is 0. The SMILES string of the molecule is O=Cc1ccco1.[O]. The van der Waals surface area contributed by atoms with Crippen LogP contribution >= 0.6 is 0 Å². The molecule has 0 amide bonds. The van der Waals surface area contributed by atoms with E-state index in [4.69, 9.17) is 0 Å². The summed E-state index contributed by atoms with van der Waals surface area (Å²) in [7, 11) is 0. The van der Waals surface area contributed by atoms with Gasteiger partial charge in [-0.25, -0.2) is 0 Å². The molecule has 0 aliphatic heterocycles. The van der Waals surface area contributed by atoms with Gasteiger partial charge in [-0.05, 0) is 12.1 Å². The highest BCUT2D eigenvalue weighted by Gasteiger charge is 1.84. The van der Waals surface area contributed by atoms with Crippen molar-refractivity contribution in [2.45, 2.75) is 0 Å². The number of hydrogen-bond donors (Lipinski definition) is 0. The predicted octanol–water partition coefficient (Wildman–Crippen LogP) is 0.973. The van der Waals surface area contributed by atoms with Crippen molar-refractivity contribution in [1.29, 1.82) is 0 Å². The second kappa shape index (κ2) is 2.98. The van der Waals surface area contributed by atoms with E-state index in [2.05, 4.69) is 4.42 Å². The van der Waals surface area contributed by atoms with E-state index in [-0.39, 0.29) is 5.48 Å². The van der Waals surface area contributed by atoms with E-state index in [1.807, 2.05) is 0 Å². The first-order valence-electron chi connectivity index (χ1n) is 1.92. The average Bonchev–Trinajstić information content (AvgIpc) is 2.14. The summed E-state index contributed by atoms with van der Waals surface area (Å²) in [6.07, 6.45) is 2.13. The third kappa shape index (κ3) is 1.20. The number of aldehydes is 1. The fourth-order valence-electron chi connectivity index (χ4n) is 0.358. The Labute approximate surface area is 46.2 Å². The highest BCUT2D eigenvalue weighted by molar-refractivity contribution is 5.69. The van der Waals surface area contributed by atoms with E-state index < -0.39 is 0 Å². The third-order valence-corrected chi connectivity index (χ3v) is 0.659. The molecule has 0 aliphatic rings. The van der Waals surface area contributed by atoms with Crippen LogP contribution in [0.15, 0.2) is 22.8 Å². The van der Waals surface area contributed by atoms with E-state index >= 15 is 0 Å². The van der Waals surface area contributed by atoms with Gasteiger partial charge in [-0.15, -0.1) is 0 Å². The van der Waals surface area contributed by atoms with Crippen LogP contribution in [0.5, 0.6) is 0 Å². The fraction of sp³-hybridized carbons (Fsp3) is 0. The molecule has 0 N–H and O–H groups in total. The molecule has 8 heavy (non-hydrogen) atoms. The Morgan fingerprint density at radius 1 is 1.62 bits per heavy atom. The van der Waals surface area contributed by atoms with Crippen molar-refractivity contribution in [3.63, 3.8) is 0 Å². The minimum atomic E-state index is 0. The molecule has 3 nitrogen and oxygen atoms in total. The molecule has 0 atom stereocenters. The lowest BCUT2D eigenvalue weighted by molar-refractivity contribution is 0.110. The largest absolute Gasteiger partial charge is 0.462 e. The van der Waals surface area contributed by atoms with E-state index in [1.54, 1.807) is 12.1 Å². The van der Waals surface area contributed by atoms with Crippen molar-refractivity contribution >= 4 is 6.29 Å². The van der Waals surface area contributed by atoms with Crippen LogP contribution in [0, 0.1) is 0 Å². The van der Waals surface area contributed by atoms with Crippen molar-refractivity contribution < 1.29 is 14.7 Å². The summed E-state index contributed by atoms with van der Waals surface area (Å²) in [6, 6.07) is 3.27. The number of carbonyl (C=O) groups is 1. The second-order valence-corrected chi connectivity index (χ2v) is 1.13. The van der Waals surface area contributed by atoms with Crippen molar-refractivity contribution in [1.82, 2.24) is 0 Å². The average molecular weight is 112 g/mol. The molecule has 42 valence electrons. The number of carbonyl (C=O) groups excluding carboxylic acids is 1. The Hall–Kier alpha value is -1.09. The van der Waals surface area contributed by atoms with Gasteiger partial charge in [-0.1, -0.05) is 0 Å². The summed E-state index contributed by atoms with van der Waals surface area (Å²) in [5, 5.41) is 0. The maximum absolute atomic E-state index is 9.77. The molecule has 0 bridgehead atoms. The van der Waals surface area contributed by atoms with Crippen molar-refractivity contribution in [2.24, 2.45) is 0 Å². The summed E-state index contributed by atoms with van der Waals surface area (Å²) in [4.78, 5) is 9.77. The lowest BCUT2D eigenvalue weighted by Crippen LogP contribution is -1.65. The molecule has 0 fully saturated rings. The zero-order valence-electron chi connectivity index (χ0n) is 4.03. The van der Waals surface area contributed by atoms with Gasteiger partial charge in [0.15, 0.2) is 12.0 Å². The molecule has 1 aromatic rings. The van der Waals surface area contributed by atoms with Crippen LogP contribution in [0.2, 0.25) is 0 Å². The van der Waals surface area contributed by atoms with Crippen LogP contribution in [-0.2, 0) is 5.48 Å². The van der Waals surface area contributed by atoms with Crippen LogP contribution in [0.3, 0.4) is 0 Å². The normalized spacial score (nSPS) is 7.50. The molecule has 1 heterocycles. The predicted molar refractivity (Wildman–Crippen MR) is 24.8 cm³/mol. The van der Waals surface area contributed by atoms with E-state index in [0.717, 1.165) is 0 Å². The van der Waals surface area contributed by atoms with Crippen LogP contribution in [0.25, 0.3) is 0 Å². The van der Waals surface area contributed by atoms with Crippen LogP contribution in [-0.4, -0.2) is 6.29 Å². The van der Waals surface area contributed by atoms with Gasteiger partial charge in [0.1, 0.15) is 0 Å². The Bertz CT molecular complexity index is 143. The number of furan rings is 1. The first kappa shape index (κ1) is 6.91. The maximum atomic E-state index is 9.77. The monoisotopic (exact) mass is 112 g/mol. The molecule has 1 aromatic heterocycles. The molecule has 0 saturated heterocycles. The molecule has 1 rings (SSSR count). The highest BCUT2D eigenvalue weighted by atomic mass is 16.3. The lowest BCUT2D eigenvalue weighted by atomic mass is 10.5. The van der Waals surface area contributed by atoms with E-state index in [0.29, 0.717) is 12.0 Å². The summed E-state index contributed by atoms with van der Waals surface area (Å²) in [5.41, 5.74) is 0. The van der Waals surface area contributed by atoms with Crippen LogP contribution < -0.4 is 0 Å². The third-order valence-electron chi connectivity index (χ3n) is 0.659. The maximum Gasteiger partial charge on any atom is 0.185 e. The van der Waals surface area contributed by atoms with Gasteiger partial charge in [0.25, 0.3) is 0 Å². The van der Waals surface area contributed by atoms with Gasteiger partial charge in [0.2, 0.25) is 0 Å². The lowest BCUT2D eigenvalue weighted by Gasteiger charge is -1.68. The smallest absolute Gasteiger partial charge is 0.185 e. The summed E-state index contributed by atoms with van der Waals surface area (Å²) < 4.78 is 4.61. The summed E-state index contributed by atoms with van der Waals surface area (Å²) >= 11 is 0. The second-order valence-electron chi connectivity index (χ2n) is 1.13. The fourth-order valence-corrected chi connectivity index (χ4v) is 0.358. The summed E-state index contributed by atoms with van der Waals surface area (Å²) in [5.74, 6) is 0.375. The molecule has 0 unspecified atom stereocenters. The van der Waals surface area contributed by atoms with Crippen molar-refractivity contribution in [3.8, 4) is 0 Å². The standard InChI is InChI=1S/C5H4O2.O/c6-4-5-2-1-3-7-5;/h1-4H;. The Kier molecular flexibility index (Phi) is 2.58. The van der Waals surface area contributed by atoms with E-state index in [1.165, 1.54) is 6.26 Å². The number of rotatable bonds is 1. The highest BCUT2D eigenvalue weighted by Crippen LogP contribution is 1.92. The first-order valence-corrected chi connectivity index (χ1v) is 1.92. The topological polar surface area (TPSA) is 58.7 Å². The Balaban J connectivity index is 0.000000490. The molecule has 3 heteroatoms. The van der Waals surface area contributed by atoms with Crippen molar-refractivity contribution in [3.05, 3.63) is 24.2 Å². The van der Waals surface area contributed by atoms with Gasteiger partial charge in [-0.2, -0.15) is 0 Å². The van der Waals surface area contributed by atoms with Gasteiger partial charge in [0, 0.05) is 5.48 Å². The van der Waals surface area contributed by atoms with Crippen molar-refractivity contribution in [2.75, 3.05) is 0 Å². The molecule has 0 saturated carbocycles. The van der Waals surface area contributed by atoms with E-state index in [9.17, 15) is 4.79 Å². The molecule has 0 aromatic carbocycles. The van der Waals surface area contributed by atoms with Crippen LogP contribution in [0.1, 0.15) is 10.6 Å². The molecule has 2 radical (unpaired) electrons. The summed E-state index contributed by atoms with van der Waals surface area (Å²) in [6.45, 7) is 0. The molecule has 0 spiro atoms. The molecule has 0 aliphatic carbocycles. The van der Waals surface area contributed by atoms with Gasteiger partial charge in [-0.3, -0.25) is 4.79 Å². The quantitative estimate of drug-likeness (QED) is 0.508. The molecular weight excluding hydrogens is 108 g/mol. The minimum Gasteiger partial charge on any atom is -0.462 e. The molecular formula is C5H4O3. The zero-order chi connectivity index (χ0) is 5.11. The van der Waals surface area contributed by atoms with Gasteiger partial charge in [0.05, 0.1) is 6.26 Å². The first-order chi connectivity index (χ1) is 3.43. The Morgan fingerprint density at radius 3 is 2.62 bits per heavy atom. The Morgan fingerprint density at radius 2 is 2.38 bits per heavy atom. The van der Waals surface area contributed by atoms with Crippen LogP contribution in [0.4, 0.5) is 0 Å². The van der Waals surface area contributed by atoms with Gasteiger partial charge >= 0.3 is 0 Å². The van der Waals surface area contributed by atoms with Gasteiger partial charge < -0.3 is 4.42 Å². The number of hydrogen-bond acceptors (Lipinski definition) is 2. The zero-order valence-corrected chi connectivity index (χ0v) is 4.03.